The van der Waals surface area contributed by atoms with Gasteiger partial charge in [-0.2, -0.15) is 0 Å². The summed E-state index contributed by atoms with van der Waals surface area (Å²) in [7, 11) is 1.67. The van der Waals surface area contributed by atoms with Crippen molar-refractivity contribution < 1.29 is 14.3 Å². The van der Waals surface area contributed by atoms with E-state index in [1.807, 2.05) is 25.1 Å². The van der Waals surface area contributed by atoms with Gasteiger partial charge in [0.05, 0.1) is 0 Å². The number of rotatable bonds is 7. The average molecular weight is 391 g/mol. The van der Waals surface area contributed by atoms with Gasteiger partial charge < -0.3 is 15.0 Å². The minimum absolute atomic E-state index is 0.0643. The summed E-state index contributed by atoms with van der Waals surface area (Å²) in [6.07, 6.45) is 0. The molecule has 1 N–H and O–H groups in total. The van der Waals surface area contributed by atoms with E-state index in [0.717, 1.165) is 16.8 Å². The third-order valence-electron chi connectivity index (χ3n) is 3.93. The number of aryl methyl sites for hydroxylation is 1. The van der Waals surface area contributed by atoms with E-state index in [9.17, 15) is 9.59 Å². The molecule has 0 spiro atoms. The number of esters is 1. The minimum Gasteiger partial charge on any atom is -0.454 e. The number of halogens is 1. The molecule has 0 unspecified atom stereocenters. The molecular weight excluding hydrogens is 368 g/mol. The maximum Gasteiger partial charge on any atom is 0.326 e. The van der Waals surface area contributed by atoms with E-state index in [4.69, 9.17) is 16.3 Å². The predicted molar refractivity (Wildman–Crippen MR) is 105 cm³/mol. The van der Waals surface area contributed by atoms with Gasteiger partial charge in [0.2, 0.25) is 0 Å². The van der Waals surface area contributed by atoms with Crippen molar-refractivity contribution in [3.63, 3.8) is 0 Å². The zero-order valence-corrected chi connectivity index (χ0v) is 16.6. The quantitative estimate of drug-likeness (QED) is 0.731. The fourth-order valence-electron chi connectivity index (χ4n) is 2.50. The van der Waals surface area contributed by atoms with Crippen LogP contribution in [0.25, 0.3) is 0 Å². The normalized spacial score (nSPS) is 10.6. The van der Waals surface area contributed by atoms with Crippen molar-refractivity contribution in [1.29, 1.82) is 0 Å². The monoisotopic (exact) mass is 390 g/mol. The van der Waals surface area contributed by atoms with Crippen molar-refractivity contribution in [2.75, 3.05) is 30.4 Å². The zero-order valence-electron chi connectivity index (χ0n) is 15.8. The molecule has 0 radical (unpaired) electrons. The number of aromatic nitrogens is 2. The Hall–Kier alpha value is -2.67. The third-order valence-corrected chi connectivity index (χ3v) is 4.13. The van der Waals surface area contributed by atoms with Gasteiger partial charge in [-0.1, -0.05) is 43.6 Å². The molecule has 2 aromatic rings. The van der Waals surface area contributed by atoms with Crippen LogP contribution in [0.4, 0.5) is 11.5 Å². The lowest BCUT2D eigenvalue weighted by atomic mass is 9.98. The molecule has 0 saturated carbocycles. The molecule has 0 fully saturated rings. The summed E-state index contributed by atoms with van der Waals surface area (Å²) >= 11 is 5.69. The van der Waals surface area contributed by atoms with Crippen molar-refractivity contribution in [1.82, 2.24) is 10.2 Å². The molecule has 1 amide bonds. The van der Waals surface area contributed by atoms with Gasteiger partial charge in [-0.05, 0) is 36.1 Å². The van der Waals surface area contributed by atoms with Crippen LogP contribution in [0.15, 0.2) is 30.3 Å². The van der Waals surface area contributed by atoms with Gasteiger partial charge in [-0.15, -0.1) is 10.2 Å². The average Bonchev–Trinajstić information content (AvgIpc) is 2.62. The molecule has 27 heavy (non-hydrogen) atoms. The number of hydrogen-bond donors (Lipinski definition) is 1. The van der Waals surface area contributed by atoms with Gasteiger partial charge in [0.15, 0.2) is 17.6 Å². The summed E-state index contributed by atoms with van der Waals surface area (Å²) in [5.41, 5.74) is 2.76. The molecule has 0 atom stereocenters. The highest BCUT2D eigenvalue weighted by Crippen LogP contribution is 2.27. The first-order valence-electron chi connectivity index (χ1n) is 8.53. The van der Waals surface area contributed by atoms with Crippen LogP contribution in [0.5, 0.6) is 0 Å². The second-order valence-corrected chi connectivity index (χ2v) is 6.86. The molecule has 144 valence electrons. The maximum absolute atomic E-state index is 12.2. The summed E-state index contributed by atoms with van der Waals surface area (Å²) in [4.78, 5) is 25.7. The minimum atomic E-state index is -0.543. The highest BCUT2D eigenvalue weighted by Gasteiger charge is 2.15. The molecule has 0 bridgehead atoms. The van der Waals surface area contributed by atoms with Crippen molar-refractivity contribution >= 4 is 35.0 Å². The Morgan fingerprint density at radius 3 is 2.59 bits per heavy atom. The number of carbonyl (C=O) groups excluding carboxylic acids is 2. The predicted octanol–water partition coefficient (Wildman–Crippen LogP) is 3.18. The molecular formula is C19H23ClN4O3. The van der Waals surface area contributed by atoms with E-state index >= 15 is 0 Å². The largest absolute Gasteiger partial charge is 0.454 e. The molecule has 0 saturated heterocycles. The van der Waals surface area contributed by atoms with Crippen LogP contribution in [0.3, 0.4) is 0 Å². The molecule has 1 aromatic carbocycles. The number of likely N-dealkylation sites (N-methyl/N-ethyl adjacent to an activating group) is 1. The lowest BCUT2D eigenvalue weighted by Gasteiger charge is -2.18. The molecule has 2 rings (SSSR count). The first-order chi connectivity index (χ1) is 12.8. The summed E-state index contributed by atoms with van der Waals surface area (Å²) in [5, 5.41) is 10.7. The first kappa shape index (κ1) is 20.6. The zero-order chi connectivity index (χ0) is 20.0. The molecule has 1 aromatic heterocycles. The maximum atomic E-state index is 12.2. The van der Waals surface area contributed by atoms with Crippen LogP contribution >= 0.6 is 11.6 Å². The van der Waals surface area contributed by atoms with Crippen molar-refractivity contribution in [3.05, 3.63) is 46.6 Å². The highest BCUT2D eigenvalue weighted by molar-refractivity contribution is 6.29. The topological polar surface area (TPSA) is 84.4 Å². The van der Waals surface area contributed by atoms with Crippen LogP contribution in [-0.2, 0) is 14.3 Å². The molecule has 0 aliphatic heterocycles. The number of nitrogens with zero attached hydrogens (tertiary/aromatic N) is 3. The summed E-state index contributed by atoms with van der Waals surface area (Å²) < 4.78 is 5.07. The Labute approximate surface area is 163 Å². The van der Waals surface area contributed by atoms with Crippen LogP contribution in [0.1, 0.15) is 30.9 Å². The van der Waals surface area contributed by atoms with Crippen LogP contribution in [0, 0.1) is 6.92 Å². The van der Waals surface area contributed by atoms with Crippen LogP contribution in [-0.4, -0.2) is 42.3 Å². The highest BCUT2D eigenvalue weighted by atomic mass is 35.5. The molecule has 0 aliphatic carbocycles. The number of carbonyl (C=O) groups is 2. The van der Waals surface area contributed by atoms with Gasteiger partial charge in [-0.25, -0.2) is 0 Å². The lowest BCUT2D eigenvalue weighted by molar-refractivity contribution is -0.145. The number of hydrogen-bond acceptors (Lipinski definition) is 6. The van der Waals surface area contributed by atoms with E-state index in [1.54, 1.807) is 24.1 Å². The van der Waals surface area contributed by atoms with E-state index < -0.39 is 5.97 Å². The molecule has 7 nitrogen and oxygen atoms in total. The van der Waals surface area contributed by atoms with Gasteiger partial charge in [-0.3, -0.25) is 9.59 Å². The van der Waals surface area contributed by atoms with E-state index in [2.05, 4.69) is 29.4 Å². The lowest BCUT2D eigenvalue weighted by Crippen LogP contribution is -2.30. The molecule has 0 aliphatic rings. The van der Waals surface area contributed by atoms with Crippen LogP contribution < -0.4 is 10.2 Å². The fourth-order valence-corrected chi connectivity index (χ4v) is 2.60. The SMILES string of the molecule is Cc1cccc(C(C)C)c1NC(=O)COC(=O)CN(C)c1ccc(Cl)nn1. The summed E-state index contributed by atoms with van der Waals surface area (Å²) in [6, 6.07) is 9.07. The van der Waals surface area contributed by atoms with E-state index in [0.29, 0.717) is 5.82 Å². The van der Waals surface area contributed by atoms with Gasteiger partial charge in [0.25, 0.3) is 5.91 Å². The Morgan fingerprint density at radius 1 is 1.22 bits per heavy atom. The Balaban J connectivity index is 1.88. The summed E-state index contributed by atoms with van der Waals surface area (Å²) in [5.74, 6) is -0.189. The first-order valence-corrected chi connectivity index (χ1v) is 8.91. The van der Waals surface area contributed by atoms with Gasteiger partial charge in [0.1, 0.15) is 6.54 Å². The Bertz CT molecular complexity index is 809. The fraction of sp³-hybridized carbons (Fsp3) is 0.368. The number of nitrogens with one attached hydrogen (secondary N) is 1. The number of amides is 1. The Morgan fingerprint density at radius 2 is 1.96 bits per heavy atom. The van der Waals surface area contributed by atoms with Gasteiger partial charge in [0, 0.05) is 12.7 Å². The second-order valence-electron chi connectivity index (χ2n) is 6.47. The van der Waals surface area contributed by atoms with Crippen molar-refractivity contribution in [2.45, 2.75) is 26.7 Å². The van der Waals surface area contributed by atoms with Crippen molar-refractivity contribution in [3.8, 4) is 0 Å². The van der Waals surface area contributed by atoms with Crippen molar-refractivity contribution in [2.24, 2.45) is 0 Å². The van der Waals surface area contributed by atoms with Crippen LogP contribution in [0.2, 0.25) is 5.15 Å². The molecule has 8 heteroatoms. The third kappa shape index (κ3) is 5.92. The van der Waals surface area contributed by atoms with E-state index in [1.165, 1.54) is 0 Å². The standard InChI is InChI=1S/C19H23ClN4O3/c1-12(2)14-7-5-6-13(3)19(14)21-17(25)11-27-18(26)10-24(4)16-9-8-15(20)22-23-16/h5-9,12H,10-11H2,1-4H3,(H,21,25). The smallest absolute Gasteiger partial charge is 0.326 e. The second kappa shape index (κ2) is 9.32. The number of benzene rings is 1. The van der Waals surface area contributed by atoms with E-state index in [-0.39, 0.29) is 30.1 Å². The number of anilines is 2. The summed E-state index contributed by atoms with van der Waals surface area (Å²) in [6.45, 7) is 5.62. The number of ether oxygens (including phenoxy) is 1. The Kier molecular flexibility index (Phi) is 7.12. The van der Waals surface area contributed by atoms with Gasteiger partial charge >= 0.3 is 5.97 Å². The molecule has 1 heterocycles. The number of para-hydroxylation sites is 1.